The highest BCUT2D eigenvalue weighted by molar-refractivity contribution is 7.92. The monoisotopic (exact) mass is 346 g/mol. The van der Waals surface area contributed by atoms with E-state index < -0.39 is 10.0 Å². The van der Waals surface area contributed by atoms with Crippen molar-refractivity contribution in [2.45, 2.75) is 26.8 Å². The van der Waals surface area contributed by atoms with Gasteiger partial charge in [0.05, 0.1) is 23.5 Å². The van der Waals surface area contributed by atoms with Crippen molar-refractivity contribution in [1.82, 2.24) is 5.32 Å². The van der Waals surface area contributed by atoms with Crippen molar-refractivity contribution in [3.63, 3.8) is 0 Å². The third-order valence-corrected chi connectivity index (χ3v) is 4.31. The van der Waals surface area contributed by atoms with Crippen molar-refractivity contribution in [1.29, 1.82) is 0 Å². The Balaban J connectivity index is 2.25. The smallest absolute Gasteiger partial charge is 0.253 e. The summed E-state index contributed by atoms with van der Waals surface area (Å²) in [5.41, 5.74) is 3.81. The molecule has 0 radical (unpaired) electrons. The van der Waals surface area contributed by atoms with Gasteiger partial charge in [-0.25, -0.2) is 8.42 Å². The van der Waals surface area contributed by atoms with E-state index in [1.165, 1.54) is 0 Å². The SMILES string of the molecule is Cc1ccc(C)c(C(C)NC(=O)c2ccccc2NS(C)(=O)=O)c1. The van der Waals surface area contributed by atoms with Crippen LogP contribution in [0.2, 0.25) is 0 Å². The van der Waals surface area contributed by atoms with E-state index in [1.807, 2.05) is 39.0 Å². The van der Waals surface area contributed by atoms with E-state index in [1.54, 1.807) is 24.3 Å². The van der Waals surface area contributed by atoms with Crippen molar-refractivity contribution in [3.8, 4) is 0 Å². The molecule has 128 valence electrons. The van der Waals surface area contributed by atoms with E-state index in [4.69, 9.17) is 0 Å². The number of carbonyl (C=O) groups is 1. The van der Waals surface area contributed by atoms with Crippen molar-refractivity contribution in [2.75, 3.05) is 11.0 Å². The van der Waals surface area contributed by atoms with Crippen LogP contribution in [0.1, 0.15) is 40.0 Å². The van der Waals surface area contributed by atoms with Crippen LogP contribution in [0.4, 0.5) is 5.69 Å². The number of nitrogens with one attached hydrogen (secondary N) is 2. The minimum atomic E-state index is -3.46. The fraction of sp³-hybridized carbons (Fsp3) is 0.278. The topological polar surface area (TPSA) is 75.3 Å². The number of amides is 1. The van der Waals surface area contributed by atoms with Crippen LogP contribution in [0.5, 0.6) is 0 Å². The lowest BCUT2D eigenvalue weighted by atomic mass is 9.99. The van der Waals surface area contributed by atoms with Gasteiger partial charge in [-0.2, -0.15) is 0 Å². The second-order valence-electron chi connectivity index (χ2n) is 5.98. The number of rotatable bonds is 5. The van der Waals surface area contributed by atoms with Crippen LogP contribution in [-0.4, -0.2) is 20.6 Å². The predicted octanol–water partition coefficient (Wildman–Crippen LogP) is 3.17. The molecule has 1 amide bonds. The van der Waals surface area contributed by atoms with Gasteiger partial charge in [-0.15, -0.1) is 0 Å². The first-order valence-electron chi connectivity index (χ1n) is 7.62. The average molecular weight is 346 g/mol. The molecular formula is C18H22N2O3S. The third kappa shape index (κ3) is 4.58. The number of carbonyl (C=O) groups excluding carboxylic acids is 1. The fourth-order valence-electron chi connectivity index (χ4n) is 2.55. The van der Waals surface area contributed by atoms with Crippen molar-refractivity contribution in [3.05, 3.63) is 64.7 Å². The largest absolute Gasteiger partial charge is 0.345 e. The molecule has 2 rings (SSSR count). The molecule has 0 saturated heterocycles. The Morgan fingerprint density at radius 1 is 1.08 bits per heavy atom. The molecule has 0 aliphatic rings. The molecule has 2 aromatic carbocycles. The number of para-hydroxylation sites is 1. The highest BCUT2D eigenvalue weighted by Gasteiger charge is 2.17. The van der Waals surface area contributed by atoms with Gasteiger partial charge in [-0.3, -0.25) is 9.52 Å². The van der Waals surface area contributed by atoms with E-state index >= 15 is 0 Å². The second-order valence-corrected chi connectivity index (χ2v) is 7.72. The maximum atomic E-state index is 12.6. The zero-order chi connectivity index (χ0) is 17.9. The van der Waals surface area contributed by atoms with Gasteiger partial charge in [0.1, 0.15) is 0 Å². The molecule has 0 aliphatic carbocycles. The summed E-state index contributed by atoms with van der Waals surface area (Å²) in [5, 5.41) is 2.93. The van der Waals surface area contributed by atoms with Crippen LogP contribution in [0.3, 0.4) is 0 Å². The van der Waals surface area contributed by atoms with Gasteiger partial charge >= 0.3 is 0 Å². The van der Waals surface area contributed by atoms with E-state index in [2.05, 4.69) is 10.0 Å². The van der Waals surface area contributed by atoms with Gasteiger partial charge in [0.2, 0.25) is 10.0 Å². The molecule has 1 atom stereocenters. The van der Waals surface area contributed by atoms with Gasteiger partial charge in [-0.1, -0.05) is 35.9 Å². The summed E-state index contributed by atoms with van der Waals surface area (Å²) in [5.74, 6) is -0.324. The summed E-state index contributed by atoms with van der Waals surface area (Å²) in [7, 11) is -3.46. The second kappa shape index (κ2) is 7.05. The minimum absolute atomic E-state index is 0.191. The maximum Gasteiger partial charge on any atom is 0.253 e. The summed E-state index contributed by atoms with van der Waals surface area (Å²) >= 11 is 0. The molecule has 0 saturated carbocycles. The Hall–Kier alpha value is -2.34. The van der Waals surface area contributed by atoms with E-state index in [-0.39, 0.29) is 17.6 Å². The van der Waals surface area contributed by atoms with Gasteiger partial charge in [0.25, 0.3) is 5.91 Å². The molecule has 0 bridgehead atoms. The molecule has 0 aliphatic heterocycles. The molecular weight excluding hydrogens is 324 g/mol. The van der Waals surface area contributed by atoms with Gasteiger partial charge in [0, 0.05) is 0 Å². The Morgan fingerprint density at radius 3 is 2.42 bits per heavy atom. The minimum Gasteiger partial charge on any atom is -0.345 e. The summed E-state index contributed by atoms with van der Waals surface area (Å²) in [6, 6.07) is 12.4. The molecule has 0 fully saturated rings. The van der Waals surface area contributed by atoms with Crippen LogP contribution in [0.15, 0.2) is 42.5 Å². The average Bonchev–Trinajstić information content (AvgIpc) is 2.48. The van der Waals surface area contributed by atoms with E-state index in [0.29, 0.717) is 5.56 Å². The summed E-state index contributed by atoms with van der Waals surface area (Å²) in [6.45, 7) is 5.91. The van der Waals surface area contributed by atoms with Crippen LogP contribution in [0.25, 0.3) is 0 Å². The summed E-state index contributed by atoms with van der Waals surface area (Å²) in [4.78, 5) is 12.6. The third-order valence-electron chi connectivity index (χ3n) is 3.72. The molecule has 2 N–H and O–H groups in total. The molecule has 6 heteroatoms. The molecule has 1 unspecified atom stereocenters. The number of aryl methyl sites for hydroxylation is 2. The van der Waals surface area contributed by atoms with E-state index in [9.17, 15) is 13.2 Å². The van der Waals surface area contributed by atoms with Crippen molar-refractivity contribution < 1.29 is 13.2 Å². The molecule has 5 nitrogen and oxygen atoms in total. The molecule has 0 spiro atoms. The lowest BCUT2D eigenvalue weighted by Gasteiger charge is -2.18. The highest BCUT2D eigenvalue weighted by atomic mass is 32.2. The lowest BCUT2D eigenvalue weighted by molar-refractivity contribution is 0.0940. The summed E-state index contributed by atoms with van der Waals surface area (Å²) < 4.78 is 25.3. The van der Waals surface area contributed by atoms with Crippen LogP contribution in [0, 0.1) is 13.8 Å². The fourth-order valence-corrected chi connectivity index (χ4v) is 3.13. The van der Waals surface area contributed by atoms with Crippen LogP contribution >= 0.6 is 0 Å². The first-order valence-corrected chi connectivity index (χ1v) is 9.51. The molecule has 0 aromatic heterocycles. The summed E-state index contributed by atoms with van der Waals surface area (Å²) in [6.07, 6.45) is 1.06. The molecule has 0 heterocycles. The van der Waals surface area contributed by atoms with E-state index in [0.717, 1.165) is 22.9 Å². The Morgan fingerprint density at radius 2 is 1.75 bits per heavy atom. The zero-order valence-electron chi connectivity index (χ0n) is 14.3. The standard InChI is InChI=1S/C18H22N2O3S/c1-12-9-10-13(2)16(11-12)14(3)19-18(21)15-7-5-6-8-17(15)20-24(4,22)23/h5-11,14,20H,1-4H3,(H,19,21). The number of anilines is 1. The number of benzene rings is 2. The van der Waals surface area contributed by atoms with Gasteiger partial charge in [0.15, 0.2) is 0 Å². The molecule has 2 aromatic rings. The first-order chi connectivity index (χ1) is 11.2. The number of hydrogen-bond donors (Lipinski definition) is 2. The Labute approximate surface area is 143 Å². The zero-order valence-corrected chi connectivity index (χ0v) is 15.1. The quantitative estimate of drug-likeness (QED) is 0.873. The van der Waals surface area contributed by atoms with Crippen molar-refractivity contribution >= 4 is 21.6 Å². The maximum absolute atomic E-state index is 12.6. The predicted molar refractivity (Wildman–Crippen MR) is 96.7 cm³/mol. The van der Waals surface area contributed by atoms with Crippen LogP contribution in [-0.2, 0) is 10.0 Å². The van der Waals surface area contributed by atoms with Gasteiger partial charge in [-0.05, 0) is 44.0 Å². The van der Waals surface area contributed by atoms with Crippen molar-refractivity contribution in [2.24, 2.45) is 0 Å². The Bertz CT molecular complexity index is 860. The van der Waals surface area contributed by atoms with Gasteiger partial charge < -0.3 is 5.32 Å². The molecule has 24 heavy (non-hydrogen) atoms. The lowest BCUT2D eigenvalue weighted by Crippen LogP contribution is -2.28. The number of hydrogen-bond acceptors (Lipinski definition) is 3. The number of sulfonamides is 1. The Kier molecular flexibility index (Phi) is 5.29. The normalized spacial score (nSPS) is 12.5. The first kappa shape index (κ1) is 18.0. The highest BCUT2D eigenvalue weighted by Crippen LogP contribution is 2.21. The van der Waals surface area contributed by atoms with Crippen LogP contribution < -0.4 is 10.0 Å².